The minimum Gasteiger partial charge on any atom is -0.413 e. The highest BCUT2D eigenvalue weighted by Crippen LogP contribution is 2.39. The van der Waals surface area contributed by atoms with Gasteiger partial charge < -0.3 is 9.74 Å². The van der Waals surface area contributed by atoms with Crippen molar-refractivity contribution in [3.05, 3.63) is 65.2 Å². The van der Waals surface area contributed by atoms with E-state index < -0.39 is 14.2 Å². The Morgan fingerprint density at radius 2 is 1.73 bits per heavy atom. The summed E-state index contributed by atoms with van der Waals surface area (Å²) in [4.78, 5) is 28.6. The van der Waals surface area contributed by atoms with Crippen LogP contribution in [0.1, 0.15) is 48.7 Å². The van der Waals surface area contributed by atoms with Crippen molar-refractivity contribution < 1.29 is 14.0 Å². The maximum atomic E-state index is 13.3. The monoisotopic (exact) mass is 464 g/mol. The summed E-state index contributed by atoms with van der Waals surface area (Å²) in [7, 11) is -2.09. The van der Waals surface area contributed by atoms with Crippen LogP contribution >= 0.6 is 0 Å². The molecule has 0 saturated carbocycles. The van der Waals surface area contributed by atoms with E-state index >= 15 is 0 Å². The molecule has 0 fully saturated rings. The number of carbonyl (C=O) groups is 2. The van der Waals surface area contributed by atoms with Gasteiger partial charge in [0.25, 0.3) is 0 Å². The summed E-state index contributed by atoms with van der Waals surface area (Å²) in [6.45, 7) is 13.7. The molecule has 0 saturated heterocycles. The maximum absolute atomic E-state index is 13.3. The van der Waals surface area contributed by atoms with Crippen molar-refractivity contribution in [3.8, 4) is 0 Å². The quantitative estimate of drug-likeness (QED) is 0.467. The highest BCUT2D eigenvalue weighted by Gasteiger charge is 2.42. The predicted octanol–water partition coefficient (Wildman–Crippen LogP) is 5.28. The number of nitrogens with zero attached hydrogens (tertiary/aromatic N) is 1. The largest absolute Gasteiger partial charge is 0.413 e. The molecule has 176 valence electrons. The highest BCUT2D eigenvalue weighted by molar-refractivity contribution is 6.74. The van der Waals surface area contributed by atoms with Crippen LogP contribution in [0.25, 0.3) is 0 Å². The summed E-state index contributed by atoms with van der Waals surface area (Å²) in [6, 6.07) is 15.9. The molecule has 0 aromatic heterocycles. The summed E-state index contributed by atoms with van der Waals surface area (Å²) in [6.07, 6.45) is 1.24. The Morgan fingerprint density at radius 1 is 1.06 bits per heavy atom. The standard InChI is InChI=1S/C27H36N2O3Si/c1-27(2,3)33(4,5)32-21(18-29-15-14-19-10-6-7-11-20(19)17-29)16-23-25(30)22-12-8-9-13-24(22)28-26(23)31/h6-13,21,23H,14-18H2,1-5H3,(H,28,31). The second-order valence-corrected chi connectivity index (χ2v) is 15.7. The van der Waals surface area contributed by atoms with E-state index in [0.717, 1.165) is 26.1 Å². The van der Waals surface area contributed by atoms with E-state index in [1.165, 1.54) is 11.1 Å². The van der Waals surface area contributed by atoms with E-state index in [0.29, 0.717) is 17.7 Å². The van der Waals surface area contributed by atoms with Crippen molar-refractivity contribution in [2.45, 2.75) is 64.4 Å². The van der Waals surface area contributed by atoms with Crippen molar-refractivity contribution in [2.75, 3.05) is 18.4 Å². The fourth-order valence-corrected chi connectivity index (χ4v) is 5.92. The first-order valence-corrected chi connectivity index (χ1v) is 14.9. The molecule has 6 heteroatoms. The summed E-state index contributed by atoms with van der Waals surface area (Å²) in [5.74, 6) is -1.03. The number of Topliss-reactive ketones (excluding diaryl/α,β-unsaturated/α-hetero) is 1. The molecule has 2 aromatic carbocycles. The van der Waals surface area contributed by atoms with E-state index in [1.54, 1.807) is 12.1 Å². The van der Waals surface area contributed by atoms with Gasteiger partial charge in [-0.1, -0.05) is 57.2 Å². The zero-order valence-corrected chi connectivity index (χ0v) is 21.5. The van der Waals surface area contributed by atoms with Crippen molar-refractivity contribution in [2.24, 2.45) is 5.92 Å². The molecule has 0 aliphatic carbocycles. The molecule has 0 spiro atoms. The molecular formula is C27H36N2O3Si. The molecule has 0 radical (unpaired) electrons. The Labute approximate surface area is 198 Å². The lowest BCUT2D eigenvalue weighted by atomic mass is 9.87. The molecule has 2 heterocycles. The Hall–Kier alpha value is -2.28. The number of para-hydroxylation sites is 1. The topological polar surface area (TPSA) is 58.6 Å². The Morgan fingerprint density at radius 3 is 2.45 bits per heavy atom. The first-order valence-electron chi connectivity index (χ1n) is 12.0. The van der Waals surface area contributed by atoms with Crippen LogP contribution in [0.3, 0.4) is 0 Å². The number of carbonyl (C=O) groups excluding carboxylic acids is 2. The van der Waals surface area contributed by atoms with Gasteiger partial charge in [-0.15, -0.1) is 0 Å². The number of hydrogen-bond acceptors (Lipinski definition) is 4. The van der Waals surface area contributed by atoms with E-state index in [9.17, 15) is 9.59 Å². The van der Waals surface area contributed by atoms with Crippen LogP contribution in [-0.4, -0.2) is 44.1 Å². The fourth-order valence-electron chi connectivity index (χ4n) is 4.56. The van der Waals surface area contributed by atoms with E-state index in [2.05, 4.69) is 68.3 Å². The average Bonchev–Trinajstić information content (AvgIpc) is 2.75. The smallest absolute Gasteiger partial charge is 0.235 e. The Bertz CT molecular complexity index is 1040. The van der Waals surface area contributed by atoms with E-state index in [-0.39, 0.29) is 22.8 Å². The van der Waals surface area contributed by atoms with E-state index in [1.807, 2.05) is 12.1 Å². The number of hydrogen-bond donors (Lipinski definition) is 1. The summed E-state index contributed by atoms with van der Waals surface area (Å²) in [5.41, 5.74) is 3.97. The van der Waals surface area contributed by atoms with Crippen LogP contribution < -0.4 is 5.32 Å². The molecule has 33 heavy (non-hydrogen) atoms. The maximum Gasteiger partial charge on any atom is 0.235 e. The third kappa shape index (κ3) is 5.13. The van der Waals surface area contributed by atoms with Crippen LogP contribution in [0, 0.1) is 5.92 Å². The van der Waals surface area contributed by atoms with Crippen molar-refractivity contribution in [1.82, 2.24) is 4.90 Å². The predicted molar refractivity (Wildman–Crippen MR) is 135 cm³/mol. The number of benzene rings is 2. The van der Waals surface area contributed by atoms with Crippen LogP contribution in [0.15, 0.2) is 48.5 Å². The van der Waals surface area contributed by atoms with Gasteiger partial charge >= 0.3 is 0 Å². The van der Waals surface area contributed by atoms with Gasteiger partial charge in [-0.05, 0) is 54.2 Å². The summed E-state index contributed by atoms with van der Waals surface area (Å²) in [5, 5.41) is 2.98. The number of rotatable bonds is 6. The van der Waals surface area contributed by atoms with Gasteiger partial charge in [-0.3, -0.25) is 14.5 Å². The lowest BCUT2D eigenvalue weighted by molar-refractivity contribution is -0.119. The summed E-state index contributed by atoms with van der Waals surface area (Å²) < 4.78 is 6.85. The normalized spacial score (nSPS) is 20.1. The molecule has 0 bridgehead atoms. The molecule has 2 aromatic rings. The first-order chi connectivity index (χ1) is 15.5. The van der Waals surface area contributed by atoms with Gasteiger partial charge in [-0.2, -0.15) is 0 Å². The highest BCUT2D eigenvalue weighted by atomic mass is 28.4. The minimum absolute atomic E-state index is 0.0468. The number of nitrogens with one attached hydrogen (secondary N) is 1. The van der Waals surface area contributed by atoms with Gasteiger partial charge in [-0.25, -0.2) is 0 Å². The molecule has 2 atom stereocenters. The van der Waals surface area contributed by atoms with Crippen LogP contribution in [0.5, 0.6) is 0 Å². The van der Waals surface area contributed by atoms with Gasteiger partial charge in [0.2, 0.25) is 5.91 Å². The summed E-state index contributed by atoms with van der Waals surface area (Å²) >= 11 is 0. The fraction of sp³-hybridized carbons (Fsp3) is 0.481. The number of ketones is 1. The number of fused-ring (bicyclic) bond motifs is 2. The van der Waals surface area contributed by atoms with Crippen molar-refractivity contribution >= 4 is 25.7 Å². The van der Waals surface area contributed by atoms with Crippen molar-refractivity contribution in [3.63, 3.8) is 0 Å². The molecular weight excluding hydrogens is 428 g/mol. The molecule has 5 nitrogen and oxygen atoms in total. The molecule has 4 rings (SSSR count). The second kappa shape index (κ2) is 9.16. The molecule has 1 amide bonds. The zero-order chi connectivity index (χ0) is 23.8. The average molecular weight is 465 g/mol. The number of anilines is 1. The van der Waals surface area contributed by atoms with Gasteiger partial charge in [0.1, 0.15) is 5.92 Å². The lowest BCUT2D eigenvalue weighted by Gasteiger charge is -2.42. The molecule has 2 unspecified atom stereocenters. The van der Waals surface area contributed by atoms with Crippen LogP contribution in [-0.2, 0) is 22.2 Å². The van der Waals surface area contributed by atoms with E-state index in [4.69, 9.17) is 4.43 Å². The Kier molecular flexibility index (Phi) is 6.63. The zero-order valence-electron chi connectivity index (χ0n) is 20.5. The molecule has 1 N–H and O–H groups in total. The minimum atomic E-state index is -2.09. The lowest BCUT2D eigenvalue weighted by Crippen LogP contribution is -2.49. The van der Waals surface area contributed by atoms with Gasteiger partial charge in [0.05, 0.1) is 11.8 Å². The van der Waals surface area contributed by atoms with Crippen LogP contribution in [0.2, 0.25) is 18.1 Å². The van der Waals surface area contributed by atoms with Crippen LogP contribution in [0.4, 0.5) is 5.69 Å². The Balaban J connectivity index is 1.56. The van der Waals surface area contributed by atoms with Crippen molar-refractivity contribution in [1.29, 1.82) is 0 Å². The second-order valence-electron chi connectivity index (χ2n) is 10.9. The molecule has 2 aliphatic rings. The first kappa shape index (κ1) is 23.9. The molecule has 2 aliphatic heterocycles. The van der Waals surface area contributed by atoms with Gasteiger partial charge in [0.15, 0.2) is 14.1 Å². The third-order valence-corrected chi connectivity index (χ3v) is 12.1. The number of amides is 1. The van der Waals surface area contributed by atoms with Gasteiger partial charge in [0, 0.05) is 25.2 Å². The SMILES string of the molecule is CC(C)(C)[Si](C)(C)OC(CC1C(=O)Nc2ccccc2C1=O)CN1CCc2ccccc2C1. The third-order valence-electron chi connectivity index (χ3n) is 7.52.